The molecule has 0 fully saturated rings. The Bertz CT molecular complexity index is 595. The van der Waals surface area contributed by atoms with E-state index in [2.05, 4.69) is 20.9 Å². The van der Waals surface area contributed by atoms with Gasteiger partial charge in [-0.3, -0.25) is 9.69 Å². The molecule has 5 nitrogen and oxygen atoms in total. The van der Waals surface area contributed by atoms with Crippen molar-refractivity contribution >= 4 is 61.4 Å². The molecule has 2 aliphatic heterocycles. The fraction of sp³-hybridized carbons (Fsp3) is 0.273. The fourth-order valence-electron chi connectivity index (χ4n) is 2.35. The van der Waals surface area contributed by atoms with Crippen molar-refractivity contribution in [1.29, 1.82) is 0 Å². The molecule has 19 heavy (non-hydrogen) atoms. The molecule has 8 heteroatoms. The lowest BCUT2D eigenvalue weighted by Gasteiger charge is -2.24. The summed E-state index contributed by atoms with van der Waals surface area (Å²) < 4.78 is 0.824. The van der Waals surface area contributed by atoms with Crippen LogP contribution in [0.25, 0.3) is 0 Å². The molecule has 2 unspecified atom stereocenters. The quantitative estimate of drug-likeness (QED) is 0.687. The van der Waals surface area contributed by atoms with Crippen molar-refractivity contribution in [2.24, 2.45) is 10.7 Å². The van der Waals surface area contributed by atoms with Gasteiger partial charge in [0.25, 0.3) is 0 Å². The number of rotatable bonds is 0. The molecule has 0 spiro atoms. The van der Waals surface area contributed by atoms with E-state index >= 15 is 0 Å². The van der Waals surface area contributed by atoms with Crippen molar-refractivity contribution in [2.45, 2.75) is 18.0 Å². The molecule has 3 rings (SSSR count). The summed E-state index contributed by atoms with van der Waals surface area (Å²) in [4.78, 5) is 17.4. The van der Waals surface area contributed by atoms with E-state index in [1.807, 2.05) is 6.07 Å². The number of anilines is 1. The van der Waals surface area contributed by atoms with Crippen LogP contribution in [0.4, 0.5) is 5.69 Å². The Morgan fingerprint density at radius 2 is 2.32 bits per heavy atom. The summed E-state index contributed by atoms with van der Waals surface area (Å²) in [5.74, 6) is -0.142. The monoisotopic (exact) mass is 407 g/mol. The average molecular weight is 409 g/mol. The number of carbonyl (C=O) groups is 1. The summed E-state index contributed by atoms with van der Waals surface area (Å²) in [6.07, 6.45) is 0. The van der Waals surface area contributed by atoms with Gasteiger partial charge in [0.2, 0.25) is 11.6 Å². The lowest BCUT2D eigenvalue weighted by atomic mass is 10.1. The summed E-state index contributed by atoms with van der Waals surface area (Å²) in [5, 5.41) is 10.5. The number of carbonyl (C=O) groups excluding carboxylic acids is 1. The third kappa shape index (κ3) is 2.01. The minimum absolute atomic E-state index is 0. The Hall–Kier alpha value is -0.570. The highest BCUT2D eigenvalue weighted by Crippen LogP contribution is 2.52. The topological polar surface area (TPSA) is 78.9 Å². The van der Waals surface area contributed by atoms with Crippen LogP contribution in [0, 0.1) is 0 Å². The lowest BCUT2D eigenvalue weighted by Crippen LogP contribution is -2.41. The number of benzene rings is 1. The number of nitrogens with two attached hydrogens (primary N) is 1. The van der Waals surface area contributed by atoms with Crippen LogP contribution in [0.5, 0.6) is 0 Å². The minimum Gasteiger partial charge on any atom is -0.378 e. The van der Waals surface area contributed by atoms with Crippen molar-refractivity contribution < 1.29 is 9.90 Å². The molecule has 1 aromatic carbocycles. The van der Waals surface area contributed by atoms with Gasteiger partial charge in [-0.1, -0.05) is 27.7 Å². The number of aliphatic imine (C=N–C) groups is 1. The maximum Gasteiger partial charge on any atom is 0.225 e. The Morgan fingerprint density at radius 1 is 1.63 bits per heavy atom. The van der Waals surface area contributed by atoms with E-state index in [1.54, 1.807) is 12.1 Å². The zero-order valence-corrected chi connectivity index (χ0v) is 13.9. The molecule has 2 heterocycles. The maximum atomic E-state index is 11.8. The molecule has 0 saturated carbocycles. The number of amides is 1. The van der Waals surface area contributed by atoms with E-state index in [1.165, 1.54) is 23.6 Å². The second-order valence-corrected chi connectivity index (χ2v) is 6.21. The van der Waals surface area contributed by atoms with Gasteiger partial charge in [-0.25, -0.2) is 4.99 Å². The molecule has 0 aliphatic carbocycles. The van der Waals surface area contributed by atoms with Gasteiger partial charge in [-0.05, 0) is 18.2 Å². The number of halogens is 2. The third-order valence-electron chi connectivity index (χ3n) is 3.05. The summed E-state index contributed by atoms with van der Waals surface area (Å²) in [5.41, 5.74) is 5.51. The zero-order valence-electron chi connectivity index (χ0n) is 9.83. The van der Waals surface area contributed by atoms with E-state index in [9.17, 15) is 9.90 Å². The average Bonchev–Trinajstić information content (AvgIpc) is 2.67. The predicted molar refractivity (Wildman–Crippen MR) is 84.5 cm³/mol. The first-order chi connectivity index (χ1) is 8.43. The number of aliphatic hydroxyl groups is 1. The van der Waals surface area contributed by atoms with E-state index in [-0.39, 0.29) is 22.9 Å². The van der Waals surface area contributed by atoms with Crippen LogP contribution in [-0.2, 0) is 10.5 Å². The summed E-state index contributed by atoms with van der Waals surface area (Å²) in [6, 6.07) is 5.40. The van der Waals surface area contributed by atoms with Crippen LogP contribution >= 0.6 is 44.7 Å². The van der Waals surface area contributed by atoms with Gasteiger partial charge in [0, 0.05) is 17.0 Å². The second kappa shape index (κ2) is 4.76. The molecule has 0 bridgehead atoms. The summed E-state index contributed by atoms with van der Waals surface area (Å²) in [6.45, 7) is 1.46. The Kier molecular flexibility index (Phi) is 3.72. The van der Waals surface area contributed by atoms with Crippen molar-refractivity contribution in [3.63, 3.8) is 0 Å². The van der Waals surface area contributed by atoms with Crippen LogP contribution in [0.1, 0.15) is 12.5 Å². The first-order valence-corrected chi connectivity index (χ1v) is 6.95. The fourth-order valence-corrected chi connectivity index (χ4v) is 3.84. The van der Waals surface area contributed by atoms with Crippen LogP contribution in [-0.4, -0.2) is 21.6 Å². The molecule has 1 amide bonds. The van der Waals surface area contributed by atoms with Gasteiger partial charge < -0.3 is 10.8 Å². The summed E-state index contributed by atoms with van der Waals surface area (Å²) in [7, 11) is 0. The highest BCUT2D eigenvalue weighted by Gasteiger charge is 2.56. The largest absolute Gasteiger partial charge is 0.378 e. The van der Waals surface area contributed by atoms with Crippen molar-refractivity contribution in [2.75, 3.05) is 4.90 Å². The Balaban J connectivity index is 0.00000133. The van der Waals surface area contributed by atoms with E-state index in [0.29, 0.717) is 16.4 Å². The second-order valence-electron chi connectivity index (χ2n) is 4.20. The Labute approximate surface area is 133 Å². The van der Waals surface area contributed by atoms with Gasteiger partial charge in [0.05, 0.1) is 5.69 Å². The molecular weight excluding hydrogens is 398 g/mol. The standard InChI is InChI=1S/C11H10BrN3O2S.BrH/c1-5(16)15-8-3-2-6(12)4-7(8)11(17)9(15)18-10(13)14-11;/h2-4,9,17H,1H3,(H2,13,14);1H. The maximum absolute atomic E-state index is 11.8. The highest BCUT2D eigenvalue weighted by atomic mass is 79.9. The number of nitrogens with zero attached hydrogens (tertiary/aromatic N) is 2. The van der Waals surface area contributed by atoms with Crippen LogP contribution in [0.15, 0.2) is 27.7 Å². The number of fused-ring (bicyclic) bond motifs is 3. The molecule has 3 N–H and O–H groups in total. The van der Waals surface area contributed by atoms with Crippen LogP contribution in [0.3, 0.4) is 0 Å². The van der Waals surface area contributed by atoms with Gasteiger partial charge in [0.15, 0.2) is 5.17 Å². The van der Waals surface area contributed by atoms with Crippen LogP contribution in [0.2, 0.25) is 0 Å². The molecule has 0 aromatic heterocycles. The molecule has 2 atom stereocenters. The molecule has 0 saturated heterocycles. The SMILES string of the molecule is Br.CC(=O)N1c2ccc(Br)cc2C2(O)N=C(N)SC12. The number of hydrogen-bond acceptors (Lipinski definition) is 5. The number of hydrogen-bond donors (Lipinski definition) is 2. The Morgan fingerprint density at radius 3 is 2.95 bits per heavy atom. The minimum atomic E-state index is -1.44. The van der Waals surface area contributed by atoms with Gasteiger partial charge in [0.1, 0.15) is 5.37 Å². The summed E-state index contributed by atoms with van der Waals surface area (Å²) >= 11 is 4.56. The van der Waals surface area contributed by atoms with Gasteiger partial charge in [-0.2, -0.15) is 0 Å². The molecule has 2 aliphatic rings. The van der Waals surface area contributed by atoms with Crippen molar-refractivity contribution in [3.8, 4) is 0 Å². The predicted octanol–water partition coefficient (Wildman–Crippen LogP) is 1.93. The smallest absolute Gasteiger partial charge is 0.225 e. The number of thioether (sulfide) groups is 1. The molecule has 0 radical (unpaired) electrons. The lowest BCUT2D eigenvalue weighted by molar-refractivity contribution is -0.117. The number of amidine groups is 1. The van der Waals surface area contributed by atoms with Crippen molar-refractivity contribution in [3.05, 3.63) is 28.2 Å². The van der Waals surface area contributed by atoms with E-state index < -0.39 is 11.1 Å². The third-order valence-corrected chi connectivity index (χ3v) is 4.63. The van der Waals surface area contributed by atoms with E-state index in [4.69, 9.17) is 5.73 Å². The van der Waals surface area contributed by atoms with Crippen molar-refractivity contribution in [1.82, 2.24) is 0 Å². The molecular formula is C11H11Br2N3O2S. The normalized spacial score (nSPS) is 27.4. The molecule has 1 aromatic rings. The highest BCUT2D eigenvalue weighted by molar-refractivity contribution is 9.10. The van der Waals surface area contributed by atoms with Gasteiger partial charge in [-0.15, -0.1) is 17.0 Å². The van der Waals surface area contributed by atoms with Gasteiger partial charge >= 0.3 is 0 Å². The van der Waals surface area contributed by atoms with E-state index in [0.717, 1.165) is 4.47 Å². The molecule has 102 valence electrons. The van der Waals surface area contributed by atoms with Crippen LogP contribution < -0.4 is 10.6 Å². The first kappa shape index (κ1) is 14.8. The zero-order chi connectivity index (χ0) is 13.1. The first-order valence-electron chi connectivity index (χ1n) is 5.27.